The van der Waals surface area contributed by atoms with E-state index in [1.807, 2.05) is 0 Å². The van der Waals surface area contributed by atoms with E-state index in [1.54, 1.807) is 0 Å². The summed E-state index contributed by atoms with van der Waals surface area (Å²) in [5.41, 5.74) is 2.77. The topological polar surface area (TPSA) is 0 Å². The summed E-state index contributed by atoms with van der Waals surface area (Å²) >= 11 is 3.80. The van der Waals surface area contributed by atoms with Gasteiger partial charge in [0, 0.05) is 5.56 Å². The standard InChI is InChI=1S/C13H20S/c1-5-13(4,14)12-8-6-11(7-9-12)10(2)3/h6-10,14H,5H2,1-4H3/p+1/t13-/m1/s1. The number of benzene rings is 1. The van der Waals surface area contributed by atoms with E-state index >= 15 is 0 Å². The van der Waals surface area contributed by atoms with Crippen LogP contribution in [0.1, 0.15) is 51.2 Å². The van der Waals surface area contributed by atoms with Crippen LogP contribution in [0.3, 0.4) is 0 Å². The Morgan fingerprint density at radius 2 is 1.71 bits per heavy atom. The van der Waals surface area contributed by atoms with Gasteiger partial charge in [0.1, 0.15) is 4.75 Å². The third kappa shape index (κ3) is 2.54. The average molecular weight is 209 g/mol. The zero-order valence-electron chi connectivity index (χ0n) is 9.59. The van der Waals surface area contributed by atoms with Crippen molar-refractivity contribution in [3.05, 3.63) is 35.4 Å². The van der Waals surface area contributed by atoms with Crippen molar-refractivity contribution in [1.29, 1.82) is 0 Å². The number of rotatable bonds is 3. The van der Waals surface area contributed by atoms with Crippen molar-refractivity contribution < 1.29 is 0 Å². The fraction of sp³-hybridized carbons (Fsp3) is 0.538. The molecule has 0 aliphatic rings. The van der Waals surface area contributed by atoms with Gasteiger partial charge in [-0.3, -0.25) is 0 Å². The molecule has 0 aromatic heterocycles. The highest BCUT2D eigenvalue weighted by Crippen LogP contribution is 2.26. The van der Waals surface area contributed by atoms with Gasteiger partial charge in [-0.05, 0) is 37.5 Å². The van der Waals surface area contributed by atoms with Crippen LogP contribution >= 0.6 is 0 Å². The van der Waals surface area contributed by atoms with E-state index in [-0.39, 0.29) is 4.75 Å². The van der Waals surface area contributed by atoms with Gasteiger partial charge in [0.25, 0.3) is 0 Å². The van der Waals surface area contributed by atoms with Gasteiger partial charge in [-0.15, -0.1) is 0 Å². The Hall–Kier alpha value is -0.430. The van der Waals surface area contributed by atoms with Crippen molar-refractivity contribution in [2.45, 2.75) is 44.8 Å². The predicted molar refractivity (Wildman–Crippen MR) is 68.3 cm³/mol. The number of hydrogen-bond donors (Lipinski definition) is 0. The van der Waals surface area contributed by atoms with Crippen molar-refractivity contribution in [2.24, 2.45) is 0 Å². The summed E-state index contributed by atoms with van der Waals surface area (Å²) in [6, 6.07) is 8.92. The molecule has 0 heterocycles. The summed E-state index contributed by atoms with van der Waals surface area (Å²) in [4.78, 5) is 0. The molecular formula is C13H21S+. The quantitative estimate of drug-likeness (QED) is 0.669. The molecule has 0 fully saturated rings. The molecule has 0 spiro atoms. The molecule has 1 aromatic carbocycles. The first-order valence-electron chi connectivity index (χ1n) is 5.33. The van der Waals surface area contributed by atoms with Crippen molar-refractivity contribution in [3.8, 4) is 0 Å². The molecule has 0 N–H and O–H groups in total. The molecule has 0 bridgehead atoms. The van der Waals surface area contributed by atoms with Gasteiger partial charge >= 0.3 is 0 Å². The Bertz CT molecular complexity index is 283. The molecule has 1 atom stereocenters. The molecule has 78 valence electrons. The average Bonchev–Trinajstić information content (AvgIpc) is 2.18. The maximum Gasteiger partial charge on any atom is 0.145 e. The Morgan fingerprint density at radius 3 is 2.07 bits per heavy atom. The molecule has 0 unspecified atom stereocenters. The molecule has 0 aliphatic carbocycles. The monoisotopic (exact) mass is 209 g/mol. The van der Waals surface area contributed by atoms with Gasteiger partial charge in [-0.2, -0.15) is 0 Å². The van der Waals surface area contributed by atoms with Crippen LogP contribution in [0, 0.1) is 0 Å². The minimum Gasteiger partial charge on any atom is -0.0600 e. The lowest BCUT2D eigenvalue weighted by Crippen LogP contribution is -2.16. The van der Waals surface area contributed by atoms with Crippen molar-refractivity contribution in [3.63, 3.8) is 0 Å². The number of hydrogen-bond acceptors (Lipinski definition) is 0. The molecule has 0 saturated carbocycles. The predicted octanol–water partition coefficient (Wildman–Crippen LogP) is 3.45. The zero-order chi connectivity index (χ0) is 10.8. The highest BCUT2D eigenvalue weighted by Gasteiger charge is 2.25. The zero-order valence-corrected chi connectivity index (χ0v) is 10.6. The maximum atomic E-state index is 3.80. The molecule has 1 heteroatoms. The molecule has 0 radical (unpaired) electrons. The Labute approximate surface area is 93.1 Å². The van der Waals surface area contributed by atoms with Crippen LogP contribution in [0.25, 0.3) is 0 Å². The molecule has 0 saturated heterocycles. The molecule has 1 rings (SSSR count). The Balaban J connectivity index is 2.94. The van der Waals surface area contributed by atoms with Gasteiger partial charge in [0.15, 0.2) is 0 Å². The van der Waals surface area contributed by atoms with Crippen LogP contribution in [0.4, 0.5) is 0 Å². The molecule has 0 nitrogen and oxygen atoms in total. The third-order valence-electron chi connectivity index (χ3n) is 2.92. The van der Waals surface area contributed by atoms with E-state index < -0.39 is 0 Å². The summed E-state index contributed by atoms with van der Waals surface area (Å²) in [7, 11) is 0. The van der Waals surface area contributed by atoms with Crippen LogP contribution in [-0.2, 0) is 17.4 Å². The van der Waals surface area contributed by atoms with Crippen LogP contribution in [0.5, 0.6) is 0 Å². The first-order chi connectivity index (χ1) is 6.47. The lowest BCUT2D eigenvalue weighted by atomic mass is 9.94. The van der Waals surface area contributed by atoms with Crippen LogP contribution < -0.4 is 0 Å². The van der Waals surface area contributed by atoms with E-state index in [4.69, 9.17) is 0 Å². The van der Waals surface area contributed by atoms with Gasteiger partial charge in [-0.25, -0.2) is 0 Å². The van der Waals surface area contributed by atoms with Crippen molar-refractivity contribution in [1.82, 2.24) is 0 Å². The largest absolute Gasteiger partial charge is 0.145 e. The summed E-state index contributed by atoms with van der Waals surface area (Å²) < 4.78 is 0.121. The SMILES string of the molecule is CC[C@@](C)([SH2+])c1ccc(C(C)C)cc1. The highest BCUT2D eigenvalue weighted by atomic mass is 32.1. The van der Waals surface area contributed by atoms with Crippen LogP contribution in [-0.4, -0.2) is 0 Å². The summed E-state index contributed by atoms with van der Waals surface area (Å²) in [6.07, 6.45) is 1.10. The summed E-state index contributed by atoms with van der Waals surface area (Å²) in [5, 5.41) is 0. The lowest BCUT2D eigenvalue weighted by molar-refractivity contribution is 0.668. The second-order valence-electron chi connectivity index (χ2n) is 4.46. The Morgan fingerprint density at radius 1 is 1.21 bits per heavy atom. The van der Waals surface area contributed by atoms with E-state index in [2.05, 4.69) is 64.6 Å². The first kappa shape index (κ1) is 11.6. The minimum absolute atomic E-state index is 0.121. The molecule has 0 amide bonds. The van der Waals surface area contributed by atoms with Crippen LogP contribution in [0.15, 0.2) is 24.3 Å². The van der Waals surface area contributed by atoms with Gasteiger partial charge in [0.05, 0.1) is 0 Å². The minimum atomic E-state index is 0.121. The van der Waals surface area contributed by atoms with Crippen LogP contribution in [0.2, 0.25) is 0 Å². The molecule has 1 aromatic rings. The molecule has 0 aliphatic heterocycles. The third-order valence-corrected chi connectivity index (χ3v) is 3.56. The highest BCUT2D eigenvalue weighted by molar-refractivity contribution is 7.60. The normalized spacial score (nSPS) is 15.6. The fourth-order valence-electron chi connectivity index (χ4n) is 1.44. The molecular weight excluding hydrogens is 188 g/mol. The van der Waals surface area contributed by atoms with E-state index in [9.17, 15) is 0 Å². The second kappa shape index (κ2) is 4.39. The molecule has 14 heavy (non-hydrogen) atoms. The van der Waals surface area contributed by atoms with E-state index in [1.165, 1.54) is 11.1 Å². The van der Waals surface area contributed by atoms with Gasteiger partial charge < -0.3 is 0 Å². The van der Waals surface area contributed by atoms with Gasteiger partial charge in [-0.1, -0.05) is 45.0 Å². The lowest BCUT2D eigenvalue weighted by Gasteiger charge is -2.16. The fourth-order valence-corrected chi connectivity index (χ4v) is 1.61. The van der Waals surface area contributed by atoms with Gasteiger partial charge in [0.2, 0.25) is 0 Å². The van der Waals surface area contributed by atoms with Crippen molar-refractivity contribution >= 4 is 12.6 Å². The second-order valence-corrected chi connectivity index (χ2v) is 5.57. The van der Waals surface area contributed by atoms with E-state index in [0.29, 0.717) is 5.92 Å². The summed E-state index contributed by atoms with van der Waals surface area (Å²) in [6.45, 7) is 8.86. The van der Waals surface area contributed by atoms with E-state index in [0.717, 1.165) is 6.42 Å². The first-order valence-corrected chi connectivity index (χ1v) is 5.83. The smallest absolute Gasteiger partial charge is 0.0600 e. The maximum absolute atomic E-state index is 3.80. The van der Waals surface area contributed by atoms with Crippen molar-refractivity contribution in [2.75, 3.05) is 0 Å². The summed E-state index contributed by atoms with van der Waals surface area (Å²) in [5.74, 6) is 0.617. The Kier molecular flexibility index (Phi) is 3.65.